The van der Waals surface area contributed by atoms with E-state index >= 15 is 0 Å². The summed E-state index contributed by atoms with van der Waals surface area (Å²) in [5, 5.41) is 9.50. The van der Waals surface area contributed by atoms with Gasteiger partial charge < -0.3 is 5.11 Å². The highest BCUT2D eigenvalue weighted by atomic mass is 79.9. The third-order valence-electron chi connectivity index (χ3n) is 1.92. The first-order valence-electron chi connectivity index (χ1n) is 4.44. The molecule has 0 atom stereocenters. The van der Waals surface area contributed by atoms with Crippen molar-refractivity contribution in [2.75, 3.05) is 0 Å². The molecule has 1 aromatic carbocycles. The number of hydrogen-bond acceptors (Lipinski definition) is 1. The number of alkyl halides is 2. The van der Waals surface area contributed by atoms with Crippen molar-refractivity contribution in [1.82, 2.24) is 0 Å². The van der Waals surface area contributed by atoms with Crippen molar-refractivity contribution in [3.8, 4) is 0 Å². The second-order valence-electron chi connectivity index (χ2n) is 3.48. The number of carboxylic acids is 1. The van der Waals surface area contributed by atoms with Crippen molar-refractivity contribution in [3.05, 3.63) is 32.2 Å². The Hall–Kier alpha value is 0.330. The second kappa shape index (κ2) is 5.98. The Labute approximate surface area is 127 Å². The molecule has 0 unspecified atom stereocenters. The van der Waals surface area contributed by atoms with Crippen LogP contribution in [0.3, 0.4) is 0 Å². The summed E-state index contributed by atoms with van der Waals surface area (Å²) in [5.41, 5.74) is 0.675. The Bertz CT molecular complexity index is 425. The lowest BCUT2D eigenvalue weighted by Crippen LogP contribution is -2.21. The van der Waals surface area contributed by atoms with E-state index < -0.39 is 10.3 Å². The number of carboxylic acid groups (broad SMARTS) is 1. The van der Waals surface area contributed by atoms with Crippen molar-refractivity contribution in [1.29, 1.82) is 0 Å². The molecule has 0 bridgehead atoms. The maximum absolute atomic E-state index is 10.6. The van der Waals surface area contributed by atoms with E-state index in [0.717, 1.165) is 0 Å². The Balaban J connectivity index is 2.92. The molecule has 0 saturated heterocycles. The number of hydrogen-bond donors (Lipinski definition) is 1. The lowest BCUT2D eigenvalue weighted by molar-refractivity contribution is -0.137. The topological polar surface area (TPSA) is 37.3 Å². The molecule has 0 aliphatic carbocycles. The number of aliphatic carboxylic acids is 1. The van der Waals surface area contributed by atoms with Crippen molar-refractivity contribution in [2.45, 2.75) is 17.2 Å². The summed E-state index contributed by atoms with van der Waals surface area (Å²) >= 11 is 26.8. The highest BCUT2D eigenvalue weighted by molar-refractivity contribution is 9.10. The summed E-state index contributed by atoms with van der Waals surface area (Å²) in [5.74, 6) is -1.07. The van der Waals surface area contributed by atoms with Gasteiger partial charge in [0.15, 0.2) is 0 Å². The van der Waals surface area contributed by atoms with Gasteiger partial charge in [0.2, 0.25) is 0 Å². The Morgan fingerprint density at radius 1 is 1.29 bits per heavy atom. The molecule has 0 aliphatic heterocycles. The quantitative estimate of drug-likeness (QED) is 0.593. The summed E-state index contributed by atoms with van der Waals surface area (Å²) in [7, 11) is 0. The van der Waals surface area contributed by atoms with Crippen LogP contribution in [0.1, 0.15) is 12.0 Å². The lowest BCUT2D eigenvalue weighted by Gasteiger charge is -2.17. The summed E-state index contributed by atoms with van der Waals surface area (Å²) in [6, 6.07) is 3.28. The van der Waals surface area contributed by atoms with E-state index in [1.165, 1.54) is 0 Å². The van der Waals surface area contributed by atoms with Gasteiger partial charge in [-0.1, -0.05) is 23.2 Å². The fourth-order valence-corrected chi connectivity index (χ4v) is 2.59. The minimum absolute atomic E-state index is 0.148. The Morgan fingerprint density at radius 2 is 1.76 bits per heavy atom. The molecule has 2 nitrogen and oxygen atoms in total. The van der Waals surface area contributed by atoms with Crippen LogP contribution in [0.4, 0.5) is 0 Å². The summed E-state index contributed by atoms with van der Waals surface area (Å²) in [6.45, 7) is 0. The molecule has 1 rings (SSSR count). The van der Waals surface area contributed by atoms with Crippen molar-refractivity contribution >= 4 is 68.3 Å². The van der Waals surface area contributed by atoms with E-state index in [-0.39, 0.29) is 12.8 Å². The molecule has 0 spiro atoms. The zero-order valence-electron chi connectivity index (χ0n) is 8.31. The average molecular weight is 381 g/mol. The summed E-state index contributed by atoms with van der Waals surface area (Å²) in [6.07, 6.45) is -0.212. The molecule has 7 heteroatoms. The third-order valence-corrected chi connectivity index (χ3v) is 4.36. The molecule has 0 heterocycles. The van der Waals surface area contributed by atoms with Gasteiger partial charge in [0, 0.05) is 6.42 Å². The van der Waals surface area contributed by atoms with Crippen molar-refractivity contribution in [2.24, 2.45) is 0 Å². The molecule has 17 heavy (non-hydrogen) atoms. The lowest BCUT2D eigenvalue weighted by atomic mass is 10.1. The van der Waals surface area contributed by atoms with Crippen LogP contribution < -0.4 is 0 Å². The van der Waals surface area contributed by atoms with E-state index in [2.05, 4.69) is 15.9 Å². The molecule has 0 amide bonds. The van der Waals surface area contributed by atoms with Gasteiger partial charge in [0.25, 0.3) is 0 Å². The van der Waals surface area contributed by atoms with Gasteiger partial charge >= 0.3 is 5.97 Å². The monoisotopic (exact) mass is 378 g/mol. The maximum atomic E-state index is 10.6. The number of rotatable bonds is 4. The van der Waals surface area contributed by atoms with Gasteiger partial charge in [-0.2, -0.15) is 0 Å². The van der Waals surface area contributed by atoms with Crippen LogP contribution in [-0.2, 0) is 11.2 Å². The minimum atomic E-state index is -1.38. The van der Waals surface area contributed by atoms with E-state index in [1.807, 2.05) is 0 Å². The van der Waals surface area contributed by atoms with Gasteiger partial charge in [-0.25, -0.2) is 0 Å². The van der Waals surface area contributed by atoms with E-state index in [0.29, 0.717) is 20.1 Å². The molecular weight excluding hydrogens is 374 g/mol. The molecular formula is C10H7BrCl4O2. The predicted molar refractivity (Wildman–Crippen MR) is 74.6 cm³/mol. The van der Waals surface area contributed by atoms with Crippen LogP contribution in [0.2, 0.25) is 10.0 Å². The standard InChI is InChI=1S/C10H7BrCl4O2/c11-9-6(12)1-5(2-7(9)13)3-10(14,15)4-8(16)17/h1-2H,3-4H2,(H,16,17). The first kappa shape index (κ1) is 15.4. The number of halogens is 5. The summed E-state index contributed by atoms with van der Waals surface area (Å²) < 4.78 is -0.802. The molecule has 0 radical (unpaired) electrons. The van der Waals surface area contributed by atoms with Crippen LogP contribution in [-0.4, -0.2) is 15.4 Å². The fourth-order valence-electron chi connectivity index (χ4n) is 1.29. The highest BCUT2D eigenvalue weighted by Crippen LogP contribution is 2.35. The van der Waals surface area contributed by atoms with Gasteiger partial charge in [-0.05, 0) is 33.6 Å². The number of carbonyl (C=O) groups is 1. The fraction of sp³-hybridized carbons (Fsp3) is 0.300. The zero-order valence-corrected chi connectivity index (χ0v) is 12.9. The van der Waals surface area contributed by atoms with Gasteiger partial charge in [0.05, 0.1) is 20.9 Å². The van der Waals surface area contributed by atoms with E-state index in [9.17, 15) is 4.79 Å². The van der Waals surface area contributed by atoms with Crippen LogP contribution >= 0.6 is 62.3 Å². The number of benzene rings is 1. The average Bonchev–Trinajstić information content (AvgIpc) is 2.10. The van der Waals surface area contributed by atoms with Crippen LogP contribution in [0.25, 0.3) is 0 Å². The van der Waals surface area contributed by atoms with Crippen LogP contribution in [0, 0.1) is 0 Å². The van der Waals surface area contributed by atoms with Crippen LogP contribution in [0.15, 0.2) is 16.6 Å². The van der Waals surface area contributed by atoms with Crippen LogP contribution in [0.5, 0.6) is 0 Å². The molecule has 1 N–H and O–H groups in total. The van der Waals surface area contributed by atoms with Crippen molar-refractivity contribution in [3.63, 3.8) is 0 Å². The second-order valence-corrected chi connectivity index (χ2v) is 6.72. The maximum Gasteiger partial charge on any atom is 0.306 e. The third kappa shape index (κ3) is 4.84. The molecule has 0 fully saturated rings. The normalized spacial score (nSPS) is 11.6. The molecule has 0 aliphatic rings. The SMILES string of the molecule is O=C(O)CC(Cl)(Cl)Cc1cc(Cl)c(Br)c(Cl)c1. The smallest absolute Gasteiger partial charge is 0.306 e. The first-order valence-corrected chi connectivity index (χ1v) is 6.75. The largest absolute Gasteiger partial charge is 0.481 e. The zero-order chi connectivity index (χ0) is 13.2. The van der Waals surface area contributed by atoms with E-state index in [4.69, 9.17) is 51.5 Å². The van der Waals surface area contributed by atoms with E-state index in [1.54, 1.807) is 12.1 Å². The van der Waals surface area contributed by atoms with Gasteiger partial charge in [-0.3, -0.25) is 4.79 Å². The molecule has 1 aromatic rings. The first-order chi connectivity index (χ1) is 7.71. The van der Waals surface area contributed by atoms with Crippen molar-refractivity contribution < 1.29 is 9.90 Å². The molecule has 0 aromatic heterocycles. The Morgan fingerprint density at radius 3 is 2.18 bits per heavy atom. The van der Waals surface area contributed by atoms with Gasteiger partial charge in [0.1, 0.15) is 4.33 Å². The molecule has 94 valence electrons. The molecule has 0 saturated carbocycles. The Kier molecular flexibility index (Phi) is 5.41. The predicted octanol–water partition coefficient (Wildman–Crippen LogP) is 4.95. The van der Waals surface area contributed by atoms with Gasteiger partial charge in [-0.15, -0.1) is 23.2 Å². The minimum Gasteiger partial charge on any atom is -0.481 e. The summed E-state index contributed by atoms with van der Waals surface area (Å²) in [4.78, 5) is 10.6. The highest BCUT2D eigenvalue weighted by Gasteiger charge is 2.28.